The van der Waals surface area contributed by atoms with Gasteiger partial charge in [-0.1, -0.05) is 304 Å². The Balaban J connectivity index is 4.35. The molecule has 0 saturated heterocycles. The fourth-order valence-electron chi connectivity index (χ4n) is 9.75. The van der Waals surface area contributed by atoms with Crippen molar-refractivity contribution in [3.05, 3.63) is 109 Å². The van der Waals surface area contributed by atoms with Crippen LogP contribution in [0.4, 0.5) is 0 Å². The van der Waals surface area contributed by atoms with E-state index in [9.17, 15) is 14.4 Å². The van der Waals surface area contributed by atoms with Crippen molar-refractivity contribution in [2.45, 2.75) is 341 Å². The first-order valence-corrected chi connectivity index (χ1v) is 34.9. The highest BCUT2D eigenvalue weighted by Crippen LogP contribution is 2.17. The molecule has 0 aliphatic carbocycles. The van der Waals surface area contributed by atoms with Crippen molar-refractivity contribution in [1.82, 2.24) is 0 Å². The highest BCUT2D eigenvalue weighted by Gasteiger charge is 2.19. The number of rotatable bonds is 63. The largest absolute Gasteiger partial charge is 0.462 e. The van der Waals surface area contributed by atoms with Gasteiger partial charge < -0.3 is 14.2 Å². The summed E-state index contributed by atoms with van der Waals surface area (Å²) in [5.74, 6) is -0.921. The molecule has 82 heavy (non-hydrogen) atoms. The molecule has 0 rings (SSSR count). The average molecular weight is 1140 g/mol. The van der Waals surface area contributed by atoms with Crippen molar-refractivity contribution in [2.75, 3.05) is 13.2 Å². The minimum atomic E-state index is -0.801. The molecule has 0 saturated carbocycles. The topological polar surface area (TPSA) is 78.9 Å². The van der Waals surface area contributed by atoms with Crippen molar-refractivity contribution < 1.29 is 28.6 Å². The van der Waals surface area contributed by atoms with Crippen molar-refractivity contribution in [2.24, 2.45) is 0 Å². The fraction of sp³-hybridized carbons (Fsp3) is 0.724. The maximum absolute atomic E-state index is 12.9. The highest BCUT2D eigenvalue weighted by atomic mass is 16.6. The molecule has 0 heterocycles. The van der Waals surface area contributed by atoms with Gasteiger partial charge in [-0.2, -0.15) is 0 Å². The zero-order chi connectivity index (χ0) is 59.2. The van der Waals surface area contributed by atoms with Crippen LogP contribution in [0.2, 0.25) is 0 Å². The molecule has 6 nitrogen and oxygen atoms in total. The molecule has 0 bridgehead atoms. The van der Waals surface area contributed by atoms with Crippen LogP contribution < -0.4 is 0 Å². The van der Waals surface area contributed by atoms with E-state index in [0.29, 0.717) is 19.3 Å². The highest BCUT2D eigenvalue weighted by molar-refractivity contribution is 5.71. The number of ether oxygens (including phenoxy) is 3. The monoisotopic (exact) mass is 1140 g/mol. The number of carbonyl (C=O) groups excluding carboxylic acids is 3. The number of carbonyl (C=O) groups is 3. The number of hydrogen-bond acceptors (Lipinski definition) is 6. The normalized spacial score (nSPS) is 12.8. The summed E-state index contributed by atoms with van der Waals surface area (Å²) >= 11 is 0. The fourth-order valence-corrected chi connectivity index (χ4v) is 9.75. The van der Waals surface area contributed by atoms with Crippen molar-refractivity contribution in [3.8, 4) is 0 Å². The van der Waals surface area contributed by atoms with Gasteiger partial charge in [-0.25, -0.2) is 0 Å². The molecule has 0 fully saturated rings. The smallest absolute Gasteiger partial charge is 0.306 e. The van der Waals surface area contributed by atoms with Gasteiger partial charge in [0.25, 0.3) is 0 Å². The lowest BCUT2D eigenvalue weighted by molar-refractivity contribution is -0.167. The third-order valence-corrected chi connectivity index (χ3v) is 15.0. The first-order valence-electron chi connectivity index (χ1n) is 34.9. The van der Waals surface area contributed by atoms with Crippen LogP contribution in [0.5, 0.6) is 0 Å². The lowest BCUT2D eigenvalue weighted by Gasteiger charge is -2.18. The van der Waals surface area contributed by atoms with Crippen LogP contribution in [0.3, 0.4) is 0 Å². The number of allylic oxidation sites excluding steroid dienone is 18. The molecule has 0 aromatic carbocycles. The summed E-state index contributed by atoms with van der Waals surface area (Å²) in [5.41, 5.74) is 0. The Morgan fingerprint density at radius 1 is 0.256 bits per heavy atom. The molecule has 0 radical (unpaired) electrons. The van der Waals surface area contributed by atoms with Crippen LogP contribution in [-0.4, -0.2) is 37.2 Å². The SMILES string of the molecule is CC/C=C\C/C=C\C/C=C\C/C=C\C/C=C\C/C=C\CCCCCCC(=O)OC(COC(=O)CCCCCCC/C=C\C/C=C\CCCC)COC(=O)CCCCCCCCCCCCCCCCC/C=C\CCCCCCCCCC. The molecule has 1 unspecified atom stereocenters. The molecule has 470 valence electrons. The maximum atomic E-state index is 12.9. The second-order valence-corrected chi connectivity index (χ2v) is 23.1. The van der Waals surface area contributed by atoms with Crippen molar-refractivity contribution >= 4 is 17.9 Å². The quantitative estimate of drug-likeness (QED) is 0.0261. The predicted molar refractivity (Wildman–Crippen MR) is 357 cm³/mol. The van der Waals surface area contributed by atoms with Crippen molar-refractivity contribution in [3.63, 3.8) is 0 Å². The lowest BCUT2D eigenvalue weighted by atomic mass is 10.0. The van der Waals surface area contributed by atoms with E-state index in [1.54, 1.807) is 0 Å². The van der Waals surface area contributed by atoms with Crippen LogP contribution in [0, 0.1) is 0 Å². The summed E-state index contributed by atoms with van der Waals surface area (Å²) < 4.78 is 16.9. The number of esters is 3. The molecular weight excluding hydrogens is 1010 g/mol. The number of unbranched alkanes of at least 4 members (excludes halogenated alkanes) is 34. The Morgan fingerprint density at radius 2 is 0.488 bits per heavy atom. The standard InChI is InChI=1S/C76H130O6/c1-4-7-10-13-16-19-22-25-28-30-32-34-36-37-38-39-41-42-44-46-48-51-54-57-60-63-66-69-75(78)81-72-73(71-80-74(77)68-65-62-59-56-53-50-27-24-21-18-15-12-9-6-3)82-76(79)70-67-64-61-58-55-52-49-47-45-43-40-35-33-31-29-26-23-20-17-14-11-8-5-2/h8,11,15,17-18,20,24,26-27,29-30,32-33,35,43,45,49,52,73H,4-7,9-10,12-14,16,19,21-23,25,28,31,34,36-42,44,46-48,50-51,53-72H2,1-3H3/b11-8-,18-15-,20-17-,27-24-,29-26-,32-30-,35-33-,45-43-,52-49-. The minimum Gasteiger partial charge on any atom is -0.462 e. The van der Waals surface area contributed by atoms with E-state index in [2.05, 4.69) is 130 Å². The van der Waals surface area contributed by atoms with Gasteiger partial charge in [-0.3, -0.25) is 14.4 Å². The second kappa shape index (κ2) is 69.6. The molecule has 0 amide bonds. The summed E-state index contributed by atoms with van der Waals surface area (Å²) in [7, 11) is 0. The van der Waals surface area contributed by atoms with Gasteiger partial charge in [-0.05, 0) is 122 Å². The Hall–Kier alpha value is -3.93. The van der Waals surface area contributed by atoms with Crippen LogP contribution in [-0.2, 0) is 28.6 Å². The zero-order valence-electron chi connectivity index (χ0n) is 54.0. The molecule has 0 aliphatic heterocycles. The molecule has 0 N–H and O–H groups in total. The molecule has 6 heteroatoms. The van der Waals surface area contributed by atoms with E-state index in [1.807, 2.05) is 0 Å². The van der Waals surface area contributed by atoms with E-state index in [1.165, 1.54) is 161 Å². The van der Waals surface area contributed by atoms with Crippen LogP contribution in [0.1, 0.15) is 335 Å². The Bertz CT molecular complexity index is 1640. The summed E-state index contributed by atoms with van der Waals surface area (Å²) in [4.78, 5) is 38.4. The molecular formula is C76H130O6. The van der Waals surface area contributed by atoms with Gasteiger partial charge in [0.1, 0.15) is 13.2 Å². The first kappa shape index (κ1) is 78.1. The van der Waals surface area contributed by atoms with Gasteiger partial charge in [0.05, 0.1) is 0 Å². The van der Waals surface area contributed by atoms with Gasteiger partial charge in [0.15, 0.2) is 6.10 Å². The molecule has 0 spiro atoms. The molecule has 0 aromatic heterocycles. The van der Waals surface area contributed by atoms with E-state index >= 15 is 0 Å². The van der Waals surface area contributed by atoms with E-state index < -0.39 is 6.10 Å². The summed E-state index contributed by atoms with van der Waals surface area (Å²) in [5, 5.41) is 0. The Labute approximate surface area is 508 Å². The second-order valence-electron chi connectivity index (χ2n) is 23.1. The van der Waals surface area contributed by atoms with Gasteiger partial charge >= 0.3 is 17.9 Å². The number of hydrogen-bond donors (Lipinski definition) is 0. The van der Waals surface area contributed by atoms with Gasteiger partial charge in [0, 0.05) is 19.3 Å². The first-order chi connectivity index (χ1) is 40.5. The average Bonchev–Trinajstić information content (AvgIpc) is 3.47. The van der Waals surface area contributed by atoms with Crippen LogP contribution in [0.25, 0.3) is 0 Å². The van der Waals surface area contributed by atoms with Gasteiger partial charge in [0.2, 0.25) is 0 Å². The summed E-state index contributed by atoms with van der Waals surface area (Å²) in [6.45, 7) is 6.49. The van der Waals surface area contributed by atoms with Crippen LogP contribution in [0.15, 0.2) is 109 Å². The van der Waals surface area contributed by atoms with E-state index in [-0.39, 0.29) is 31.1 Å². The zero-order valence-corrected chi connectivity index (χ0v) is 54.0. The third-order valence-electron chi connectivity index (χ3n) is 15.0. The minimum absolute atomic E-state index is 0.0925. The Morgan fingerprint density at radius 3 is 0.793 bits per heavy atom. The van der Waals surface area contributed by atoms with Gasteiger partial charge in [-0.15, -0.1) is 0 Å². The Kier molecular flexibility index (Phi) is 66.2. The van der Waals surface area contributed by atoms with E-state index in [0.717, 1.165) is 135 Å². The predicted octanol–water partition coefficient (Wildman–Crippen LogP) is 24.2. The molecule has 0 aromatic rings. The molecule has 0 aliphatic rings. The van der Waals surface area contributed by atoms with E-state index in [4.69, 9.17) is 14.2 Å². The maximum Gasteiger partial charge on any atom is 0.306 e. The molecule has 1 atom stereocenters. The van der Waals surface area contributed by atoms with Crippen LogP contribution >= 0.6 is 0 Å². The van der Waals surface area contributed by atoms with Crippen molar-refractivity contribution in [1.29, 1.82) is 0 Å². The third kappa shape index (κ3) is 66.9. The lowest BCUT2D eigenvalue weighted by Crippen LogP contribution is -2.30. The summed E-state index contributed by atoms with van der Waals surface area (Å²) in [6.07, 6.45) is 95.4. The summed E-state index contributed by atoms with van der Waals surface area (Å²) in [6, 6.07) is 0.